The van der Waals surface area contributed by atoms with Gasteiger partial charge in [-0.2, -0.15) is 0 Å². The molecular formula is C33H33NO8S. The first kappa shape index (κ1) is 31.1. The van der Waals surface area contributed by atoms with Crippen molar-refractivity contribution in [3.63, 3.8) is 0 Å². The highest BCUT2D eigenvalue weighted by atomic mass is 32.1. The average Bonchev–Trinajstić information content (AvgIpc) is 3.46. The Morgan fingerprint density at radius 2 is 1.49 bits per heavy atom. The van der Waals surface area contributed by atoms with E-state index < -0.39 is 23.9 Å². The van der Waals surface area contributed by atoms with Crippen molar-refractivity contribution in [3.05, 3.63) is 94.9 Å². The monoisotopic (exact) mass is 603 g/mol. The summed E-state index contributed by atoms with van der Waals surface area (Å²) in [5.41, 5.74) is 2.93. The van der Waals surface area contributed by atoms with Gasteiger partial charge in [-0.25, -0.2) is 4.79 Å². The quantitative estimate of drug-likeness (QED) is 0.173. The highest BCUT2D eigenvalue weighted by molar-refractivity contribution is 7.15. The Bertz CT molecular complexity index is 1530. The number of amides is 1. The lowest BCUT2D eigenvalue weighted by Crippen LogP contribution is -2.26. The van der Waals surface area contributed by atoms with Crippen LogP contribution in [0.15, 0.2) is 78.2 Å². The highest BCUT2D eigenvalue weighted by Gasteiger charge is 2.29. The molecule has 10 heteroatoms. The number of hydrogen-bond donors (Lipinski definition) is 1. The van der Waals surface area contributed by atoms with Gasteiger partial charge in [0, 0.05) is 22.9 Å². The maximum atomic E-state index is 13.7. The molecule has 4 rings (SSSR count). The Labute approximate surface area is 254 Å². The summed E-state index contributed by atoms with van der Waals surface area (Å²) in [4.78, 5) is 39.7. The zero-order chi connectivity index (χ0) is 30.8. The molecule has 0 bridgehead atoms. The minimum Gasteiger partial charge on any atom is -0.493 e. The molecule has 1 unspecified atom stereocenters. The molecule has 0 aliphatic rings. The highest BCUT2D eigenvalue weighted by Crippen LogP contribution is 2.39. The molecule has 0 spiro atoms. The molecule has 0 saturated carbocycles. The van der Waals surface area contributed by atoms with Gasteiger partial charge in [0.05, 0.1) is 27.9 Å². The van der Waals surface area contributed by atoms with Gasteiger partial charge in [-0.1, -0.05) is 60.7 Å². The van der Waals surface area contributed by atoms with Gasteiger partial charge in [0.15, 0.2) is 11.5 Å². The molecule has 43 heavy (non-hydrogen) atoms. The number of rotatable bonds is 13. The minimum absolute atomic E-state index is 0.0134. The number of thiophene rings is 1. The summed E-state index contributed by atoms with van der Waals surface area (Å²) in [6.07, 6.45) is -0.969. The fraction of sp³-hybridized carbons (Fsp3) is 0.242. The summed E-state index contributed by atoms with van der Waals surface area (Å²) in [6, 6.07) is 21.6. The van der Waals surface area contributed by atoms with Crippen LogP contribution in [0.5, 0.6) is 17.2 Å². The molecule has 0 fully saturated rings. The second-order valence-electron chi connectivity index (χ2n) is 9.24. The standard InChI is InChI=1S/C33H33NO8S/c1-5-41-33(37)28-24(22-12-8-6-9-13-22)20-43-32(28)34-31(36)29(23-14-10-7-11-15-23)42-27(35)17-16-21-18-25(38-2)30(40-4)26(19-21)39-3/h6-15,18-20,29H,5,16-17H2,1-4H3,(H,34,36). The van der Waals surface area contributed by atoms with Crippen LogP contribution in [0.3, 0.4) is 0 Å². The zero-order valence-electron chi connectivity index (χ0n) is 24.4. The third kappa shape index (κ3) is 7.52. The van der Waals surface area contributed by atoms with Crippen LogP contribution in [0, 0.1) is 0 Å². The van der Waals surface area contributed by atoms with Crippen LogP contribution in [0.2, 0.25) is 0 Å². The smallest absolute Gasteiger partial charge is 0.341 e. The van der Waals surface area contributed by atoms with Crippen LogP contribution in [0.1, 0.15) is 40.9 Å². The summed E-state index contributed by atoms with van der Waals surface area (Å²) < 4.78 is 27.2. The average molecular weight is 604 g/mol. The molecule has 1 atom stereocenters. The van der Waals surface area contributed by atoms with Crippen molar-refractivity contribution in [3.8, 4) is 28.4 Å². The van der Waals surface area contributed by atoms with E-state index in [1.54, 1.807) is 54.8 Å². The maximum absolute atomic E-state index is 13.7. The molecule has 4 aromatic rings. The molecule has 1 aromatic heterocycles. The Balaban J connectivity index is 1.56. The van der Waals surface area contributed by atoms with E-state index in [1.807, 2.05) is 30.3 Å². The predicted molar refractivity (Wildman–Crippen MR) is 164 cm³/mol. The lowest BCUT2D eigenvalue weighted by Gasteiger charge is -2.18. The van der Waals surface area contributed by atoms with Gasteiger partial charge in [-0.3, -0.25) is 9.59 Å². The number of nitrogens with one attached hydrogen (secondary N) is 1. The van der Waals surface area contributed by atoms with E-state index in [4.69, 9.17) is 23.7 Å². The molecule has 0 aliphatic heterocycles. The lowest BCUT2D eigenvalue weighted by atomic mass is 10.0. The Morgan fingerprint density at radius 3 is 2.07 bits per heavy atom. The lowest BCUT2D eigenvalue weighted by molar-refractivity contribution is -0.154. The number of methoxy groups -OCH3 is 3. The number of esters is 2. The van der Waals surface area contributed by atoms with Crippen molar-refractivity contribution in [1.29, 1.82) is 0 Å². The summed E-state index contributed by atoms with van der Waals surface area (Å²) >= 11 is 1.20. The van der Waals surface area contributed by atoms with Crippen molar-refractivity contribution in [2.75, 3.05) is 33.3 Å². The van der Waals surface area contributed by atoms with E-state index in [1.165, 1.54) is 32.7 Å². The van der Waals surface area contributed by atoms with Crippen LogP contribution < -0.4 is 19.5 Å². The number of carbonyl (C=O) groups is 3. The second kappa shape index (κ2) is 14.9. The van der Waals surface area contributed by atoms with Gasteiger partial charge >= 0.3 is 11.9 Å². The minimum atomic E-state index is -1.26. The van der Waals surface area contributed by atoms with E-state index in [0.29, 0.717) is 39.8 Å². The fourth-order valence-electron chi connectivity index (χ4n) is 4.48. The topological polar surface area (TPSA) is 109 Å². The third-order valence-electron chi connectivity index (χ3n) is 6.52. The van der Waals surface area contributed by atoms with Gasteiger partial charge in [-0.05, 0) is 36.6 Å². The van der Waals surface area contributed by atoms with Crippen molar-refractivity contribution >= 4 is 34.2 Å². The number of ether oxygens (including phenoxy) is 5. The fourth-order valence-corrected chi connectivity index (χ4v) is 5.44. The van der Waals surface area contributed by atoms with Gasteiger partial charge in [-0.15, -0.1) is 11.3 Å². The maximum Gasteiger partial charge on any atom is 0.341 e. The summed E-state index contributed by atoms with van der Waals surface area (Å²) in [5, 5.41) is 4.91. The van der Waals surface area contributed by atoms with Crippen molar-refractivity contribution in [1.82, 2.24) is 0 Å². The first-order valence-corrected chi connectivity index (χ1v) is 14.5. The van der Waals surface area contributed by atoms with Crippen LogP contribution in [0.25, 0.3) is 11.1 Å². The molecule has 1 N–H and O–H groups in total. The van der Waals surface area contributed by atoms with Crippen molar-refractivity contribution in [2.45, 2.75) is 25.9 Å². The number of aryl methyl sites for hydroxylation is 1. The molecule has 3 aromatic carbocycles. The van der Waals surface area contributed by atoms with Gasteiger partial charge < -0.3 is 29.0 Å². The van der Waals surface area contributed by atoms with Crippen molar-refractivity contribution in [2.24, 2.45) is 0 Å². The van der Waals surface area contributed by atoms with E-state index in [-0.39, 0.29) is 18.6 Å². The van der Waals surface area contributed by atoms with Gasteiger partial charge in [0.1, 0.15) is 10.6 Å². The third-order valence-corrected chi connectivity index (χ3v) is 7.42. The van der Waals surface area contributed by atoms with E-state index in [2.05, 4.69) is 5.32 Å². The molecule has 1 amide bonds. The molecular weight excluding hydrogens is 570 g/mol. The molecule has 0 radical (unpaired) electrons. The first-order valence-electron chi connectivity index (χ1n) is 13.6. The second-order valence-corrected chi connectivity index (χ2v) is 10.1. The van der Waals surface area contributed by atoms with Gasteiger partial charge in [0.25, 0.3) is 5.91 Å². The Hall–Kier alpha value is -4.83. The van der Waals surface area contributed by atoms with Crippen LogP contribution >= 0.6 is 11.3 Å². The molecule has 9 nitrogen and oxygen atoms in total. The van der Waals surface area contributed by atoms with Crippen LogP contribution in [-0.4, -0.2) is 45.8 Å². The largest absolute Gasteiger partial charge is 0.493 e. The zero-order valence-corrected chi connectivity index (χ0v) is 25.2. The molecule has 1 heterocycles. The molecule has 224 valence electrons. The Kier molecular flexibility index (Phi) is 10.8. The first-order chi connectivity index (χ1) is 20.9. The van der Waals surface area contributed by atoms with Crippen LogP contribution in [0.4, 0.5) is 5.00 Å². The number of benzene rings is 3. The van der Waals surface area contributed by atoms with E-state index in [0.717, 1.165) is 11.1 Å². The van der Waals surface area contributed by atoms with Crippen molar-refractivity contribution < 1.29 is 38.1 Å². The predicted octanol–water partition coefficient (Wildman–Crippen LogP) is 6.47. The SMILES string of the molecule is CCOC(=O)c1c(-c2ccccc2)csc1NC(=O)C(OC(=O)CCc1cc(OC)c(OC)c(OC)c1)c1ccccc1. The molecule has 0 saturated heterocycles. The van der Waals surface area contributed by atoms with Gasteiger partial charge in [0.2, 0.25) is 11.9 Å². The number of anilines is 1. The molecule has 0 aliphatic carbocycles. The normalized spacial score (nSPS) is 11.3. The summed E-state index contributed by atoms with van der Waals surface area (Å²) in [6.45, 7) is 1.89. The Morgan fingerprint density at radius 1 is 0.860 bits per heavy atom. The number of hydrogen-bond acceptors (Lipinski definition) is 9. The van der Waals surface area contributed by atoms with Crippen LogP contribution in [-0.2, 0) is 25.5 Å². The summed E-state index contributed by atoms with van der Waals surface area (Å²) in [5.74, 6) is -0.358. The number of carbonyl (C=O) groups excluding carboxylic acids is 3. The summed E-state index contributed by atoms with van der Waals surface area (Å²) in [7, 11) is 4.55. The van der Waals surface area contributed by atoms with E-state index in [9.17, 15) is 14.4 Å². The van der Waals surface area contributed by atoms with E-state index >= 15 is 0 Å².